The predicted octanol–water partition coefficient (Wildman–Crippen LogP) is 3.09. The monoisotopic (exact) mass is 402 g/mol. The Kier molecular flexibility index (Phi) is 4.69. The molecular formula is C22H22N6O2. The molecule has 0 aliphatic carbocycles. The number of carbonyl (C=O) groups excluding carboxylic acids is 2. The van der Waals surface area contributed by atoms with Gasteiger partial charge in [0.15, 0.2) is 0 Å². The van der Waals surface area contributed by atoms with E-state index in [1.165, 1.54) is 6.20 Å². The van der Waals surface area contributed by atoms with Crippen molar-refractivity contribution in [2.45, 2.75) is 19.3 Å². The molecule has 3 heterocycles. The first-order valence-corrected chi connectivity index (χ1v) is 9.49. The summed E-state index contributed by atoms with van der Waals surface area (Å²) in [5.41, 5.74) is 3.19. The molecule has 0 saturated carbocycles. The molecule has 8 nitrogen and oxygen atoms in total. The van der Waals surface area contributed by atoms with Crippen molar-refractivity contribution in [3.63, 3.8) is 0 Å². The molecule has 0 atom stereocenters. The minimum atomic E-state index is -0.658. The zero-order valence-electron chi connectivity index (χ0n) is 17.2. The molecule has 1 aliphatic heterocycles. The zero-order valence-corrected chi connectivity index (χ0v) is 17.2. The smallest absolute Gasteiger partial charge is 0.259 e. The van der Waals surface area contributed by atoms with Gasteiger partial charge < -0.3 is 15.5 Å². The highest BCUT2D eigenvalue weighted by Gasteiger charge is 2.38. The topological polar surface area (TPSA) is 100 Å². The van der Waals surface area contributed by atoms with Crippen LogP contribution in [0, 0.1) is 0 Å². The first-order valence-electron chi connectivity index (χ1n) is 9.49. The van der Waals surface area contributed by atoms with Gasteiger partial charge in [-0.2, -0.15) is 0 Å². The molecule has 0 spiro atoms. The van der Waals surface area contributed by atoms with Gasteiger partial charge in [0.2, 0.25) is 11.9 Å². The molecule has 0 saturated heterocycles. The van der Waals surface area contributed by atoms with Crippen LogP contribution in [0.3, 0.4) is 0 Å². The average molecular weight is 402 g/mol. The highest BCUT2D eigenvalue weighted by molar-refractivity contribution is 6.09. The molecule has 0 radical (unpaired) electrons. The van der Waals surface area contributed by atoms with Crippen LogP contribution in [0.4, 0.5) is 17.3 Å². The lowest BCUT2D eigenvalue weighted by molar-refractivity contribution is -0.119. The number of hydrogen-bond acceptors (Lipinski definition) is 6. The second-order valence-corrected chi connectivity index (χ2v) is 7.86. The number of aromatic nitrogens is 3. The number of benzene rings is 1. The molecule has 0 unspecified atom stereocenters. The third-order valence-corrected chi connectivity index (χ3v) is 5.14. The van der Waals surface area contributed by atoms with Crippen molar-refractivity contribution >= 4 is 29.1 Å². The van der Waals surface area contributed by atoms with E-state index < -0.39 is 5.41 Å². The van der Waals surface area contributed by atoms with Crippen molar-refractivity contribution < 1.29 is 9.59 Å². The number of hydrogen-bond donors (Lipinski definition) is 2. The number of carbonyl (C=O) groups is 2. The number of amides is 2. The van der Waals surface area contributed by atoms with Gasteiger partial charge in [0.25, 0.3) is 5.91 Å². The molecule has 1 aliphatic rings. The Morgan fingerprint density at radius 3 is 2.57 bits per heavy atom. The second kappa shape index (κ2) is 7.22. The number of anilines is 3. The lowest BCUT2D eigenvalue weighted by Crippen LogP contribution is -2.27. The Hall–Kier alpha value is -3.81. The quantitative estimate of drug-likeness (QED) is 0.696. The van der Waals surface area contributed by atoms with E-state index in [-0.39, 0.29) is 11.8 Å². The zero-order chi connectivity index (χ0) is 21.5. The van der Waals surface area contributed by atoms with Crippen LogP contribution in [-0.2, 0) is 10.2 Å². The summed E-state index contributed by atoms with van der Waals surface area (Å²) in [4.78, 5) is 40.0. The van der Waals surface area contributed by atoms with E-state index in [0.717, 1.165) is 16.8 Å². The first kappa shape index (κ1) is 19.5. The molecule has 2 N–H and O–H groups in total. The van der Waals surface area contributed by atoms with E-state index in [9.17, 15) is 9.59 Å². The summed E-state index contributed by atoms with van der Waals surface area (Å²) in [5.74, 6) is 0.109. The van der Waals surface area contributed by atoms with Crippen LogP contribution in [-0.4, -0.2) is 40.9 Å². The van der Waals surface area contributed by atoms with Crippen LogP contribution in [0.15, 0.2) is 48.9 Å². The molecule has 4 rings (SSSR count). The standard InChI is InChI=1S/C22H22N6O2/c1-22(2)16-11-14(5-6-17(16)26-20(22)30)25-19(29)15-12-24-21(28(3)4)27-18(15)13-7-9-23-10-8-13/h5-12H,1-4H3,(H,25,29)(H,26,30). The molecule has 30 heavy (non-hydrogen) atoms. The SMILES string of the molecule is CN(C)c1ncc(C(=O)Nc2ccc3c(c2)C(C)(C)C(=O)N3)c(-c2ccncc2)n1. The summed E-state index contributed by atoms with van der Waals surface area (Å²) in [6, 6.07) is 8.99. The van der Waals surface area contributed by atoms with Crippen molar-refractivity contribution in [3.05, 3.63) is 60.0 Å². The lowest BCUT2D eigenvalue weighted by Gasteiger charge is -2.17. The summed E-state index contributed by atoms with van der Waals surface area (Å²) in [7, 11) is 3.68. The highest BCUT2D eigenvalue weighted by atomic mass is 16.2. The normalized spacial score (nSPS) is 14.1. The van der Waals surface area contributed by atoms with E-state index in [2.05, 4.69) is 25.6 Å². The number of fused-ring (bicyclic) bond motifs is 1. The highest BCUT2D eigenvalue weighted by Crippen LogP contribution is 2.38. The van der Waals surface area contributed by atoms with Crippen molar-refractivity contribution in [1.82, 2.24) is 15.0 Å². The van der Waals surface area contributed by atoms with Crippen molar-refractivity contribution in [2.24, 2.45) is 0 Å². The maximum atomic E-state index is 13.1. The third kappa shape index (κ3) is 3.36. The Labute approximate surface area is 174 Å². The number of pyridine rings is 1. The Morgan fingerprint density at radius 1 is 1.13 bits per heavy atom. The minimum absolute atomic E-state index is 0.0615. The molecule has 2 amide bonds. The fourth-order valence-corrected chi connectivity index (χ4v) is 3.33. The lowest BCUT2D eigenvalue weighted by atomic mass is 9.86. The summed E-state index contributed by atoms with van der Waals surface area (Å²) in [6.07, 6.45) is 4.83. The van der Waals surface area contributed by atoms with Gasteiger partial charge in [0, 0.05) is 49.6 Å². The van der Waals surface area contributed by atoms with Crippen LogP contribution in [0.1, 0.15) is 29.8 Å². The van der Waals surface area contributed by atoms with Gasteiger partial charge >= 0.3 is 0 Å². The Morgan fingerprint density at radius 2 is 1.87 bits per heavy atom. The van der Waals surface area contributed by atoms with Crippen LogP contribution >= 0.6 is 0 Å². The first-order chi connectivity index (χ1) is 14.3. The maximum absolute atomic E-state index is 13.1. The fourth-order valence-electron chi connectivity index (χ4n) is 3.33. The van der Waals surface area contributed by atoms with Gasteiger partial charge in [0.1, 0.15) is 0 Å². The van der Waals surface area contributed by atoms with Gasteiger partial charge in [-0.15, -0.1) is 0 Å². The molecule has 3 aromatic rings. The fraction of sp³-hybridized carbons (Fsp3) is 0.227. The van der Waals surface area contributed by atoms with E-state index in [1.807, 2.05) is 34.0 Å². The van der Waals surface area contributed by atoms with Crippen molar-refractivity contribution in [3.8, 4) is 11.3 Å². The number of nitrogens with zero attached hydrogens (tertiary/aromatic N) is 4. The molecule has 152 valence electrons. The average Bonchev–Trinajstić information content (AvgIpc) is 2.96. The summed E-state index contributed by atoms with van der Waals surface area (Å²) in [6.45, 7) is 3.71. The molecule has 2 aromatic heterocycles. The third-order valence-electron chi connectivity index (χ3n) is 5.14. The second-order valence-electron chi connectivity index (χ2n) is 7.86. The van der Waals surface area contributed by atoms with E-state index in [1.54, 1.807) is 41.6 Å². The molecule has 8 heteroatoms. The molecule has 0 fully saturated rings. The maximum Gasteiger partial charge on any atom is 0.259 e. The van der Waals surface area contributed by atoms with Gasteiger partial charge in [-0.05, 0) is 49.7 Å². The van der Waals surface area contributed by atoms with Gasteiger partial charge in [-0.1, -0.05) is 0 Å². The Bertz CT molecular complexity index is 1140. The van der Waals surface area contributed by atoms with E-state index in [0.29, 0.717) is 22.9 Å². The van der Waals surface area contributed by atoms with E-state index in [4.69, 9.17) is 0 Å². The number of rotatable bonds is 4. The molecule has 0 bridgehead atoms. The summed E-state index contributed by atoms with van der Waals surface area (Å²) < 4.78 is 0. The van der Waals surface area contributed by atoms with Crippen LogP contribution in [0.25, 0.3) is 11.3 Å². The van der Waals surface area contributed by atoms with Gasteiger partial charge in [-0.25, -0.2) is 9.97 Å². The largest absolute Gasteiger partial charge is 0.347 e. The van der Waals surface area contributed by atoms with Crippen LogP contribution in [0.2, 0.25) is 0 Å². The summed E-state index contributed by atoms with van der Waals surface area (Å²) >= 11 is 0. The Balaban J connectivity index is 1.70. The van der Waals surface area contributed by atoms with Crippen molar-refractivity contribution in [1.29, 1.82) is 0 Å². The van der Waals surface area contributed by atoms with Gasteiger partial charge in [0.05, 0.1) is 16.7 Å². The van der Waals surface area contributed by atoms with E-state index >= 15 is 0 Å². The minimum Gasteiger partial charge on any atom is -0.347 e. The van der Waals surface area contributed by atoms with Crippen molar-refractivity contribution in [2.75, 3.05) is 29.6 Å². The van der Waals surface area contributed by atoms with Crippen LogP contribution in [0.5, 0.6) is 0 Å². The number of nitrogens with one attached hydrogen (secondary N) is 2. The van der Waals surface area contributed by atoms with Gasteiger partial charge in [-0.3, -0.25) is 14.6 Å². The van der Waals surface area contributed by atoms with Crippen LogP contribution < -0.4 is 15.5 Å². The molecular weight excluding hydrogens is 380 g/mol. The molecule has 1 aromatic carbocycles. The predicted molar refractivity (Wildman–Crippen MR) is 116 cm³/mol. The summed E-state index contributed by atoms with van der Waals surface area (Å²) in [5, 5.41) is 5.78.